The summed E-state index contributed by atoms with van der Waals surface area (Å²) in [5.74, 6) is 2.36. The van der Waals surface area contributed by atoms with Crippen molar-refractivity contribution in [3.05, 3.63) is 22.7 Å². The van der Waals surface area contributed by atoms with E-state index in [-0.39, 0.29) is 4.90 Å². The average molecular weight is 317 g/mol. The number of hydrogen-bond donors (Lipinski definition) is 2. The first-order chi connectivity index (χ1) is 7.68. The summed E-state index contributed by atoms with van der Waals surface area (Å²) in [5.41, 5.74) is 5.04. The van der Waals surface area contributed by atoms with Crippen LogP contribution in [0.25, 0.3) is 0 Å². The second-order valence-corrected chi connectivity index (χ2v) is 6.59. The molecule has 1 rings (SSSR count). The second kappa shape index (κ2) is 4.69. The zero-order valence-electron chi connectivity index (χ0n) is 9.49. The minimum Gasteiger partial charge on any atom is -0.398 e. The summed E-state index contributed by atoms with van der Waals surface area (Å²) in [6.07, 6.45) is 5.24. The molecule has 0 saturated heterocycles. The van der Waals surface area contributed by atoms with Crippen molar-refractivity contribution >= 4 is 31.6 Å². The number of rotatable bonds is 3. The minimum atomic E-state index is -3.66. The number of nitrogens with two attached hydrogens (primary N) is 1. The Morgan fingerprint density at radius 2 is 2.06 bits per heavy atom. The third kappa shape index (κ3) is 3.46. The number of anilines is 1. The van der Waals surface area contributed by atoms with Crippen molar-refractivity contribution < 1.29 is 8.42 Å². The van der Waals surface area contributed by atoms with Gasteiger partial charge in [0.05, 0.1) is 10.4 Å². The third-order valence-electron chi connectivity index (χ3n) is 2.03. The van der Waals surface area contributed by atoms with Crippen LogP contribution in [-0.4, -0.2) is 14.0 Å². The summed E-state index contributed by atoms with van der Waals surface area (Å²) < 4.78 is 27.0. The molecule has 0 atom stereocenters. The van der Waals surface area contributed by atoms with Crippen LogP contribution in [0.15, 0.2) is 27.6 Å². The van der Waals surface area contributed by atoms with Gasteiger partial charge in [0, 0.05) is 10.2 Å². The lowest BCUT2D eigenvalue weighted by molar-refractivity contribution is 0.539. The van der Waals surface area contributed by atoms with Gasteiger partial charge in [0.2, 0.25) is 10.0 Å². The van der Waals surface area contributed by atoms with E-state index in [0.717, 1.165) is 0 Å². The van der Waals surface area contributed by atoms with Gasteiger partial charge in [-0.25, -0.2) is 8.42 Å². The molecule has 1 aromatic carbocycles. The number of hydrogen-bond acceptors (Lipinski definition) is 3. The number of nitrogens with one attached hydrogen (secondary N) is 1. The zero-order valence-corrected chi connectivity index (χ0v) is 11.9. The maximum absolute atomic E-state index is 12.0. The van der Waals surface area contributed by atoms with Crippen LogP contribution in [0.2, 0.25) is 0 Å². The lowest BCUT2D eigenvalue weighted by Crippen LogP contribution is -2.41. The van der Waals surface area contributed by atoms with Crippen molar-refractivity contribution in [1.82, 2.24) is 4.72 Å². The van der Waals surface area contributed by atoms with E-state index in [1.165, 1.54) is 12.1 Å². The van der Waals surface area contributed by atoms with E-state index in [1.54, 1.807) is 19.9 Å². The van der Waals surface area contributed by atoms with Crippen LogP contribution in [0, 0.1) is 12.3 Å². The molecule has 0 aliphatic carbocycles. The fourth-order valence-corrected chi connectivity index (χ4v) is 2.74. The van der Waals surface area contributed by atoms with Gasteiger partial charge in [0.15, 0.2) is 0 Å². The summed E-state index contributed by atoms with van der Waals surface area (Å²) >= 11 is 3.20. The smallest absolute Gasteiger partial charge is 0.241 e. The molecule has 0 heterocycles. The van der Waals surface area contributed by atoms with Crippen LogP contribution in [0.5, 0.6) is 0 Å². The van der Waals surface area contributed by atoms with Crippen molar-refractivity contribution in [2.75, 3.05) is 5.73 Å². The molecule has 3 N–H and O–H groups in total. The Morgan fingerprint density at radius 3 is 2.53 bits per heavy atom. The Bertz CT molecular complexity index is 574. The van der Waals surface area contributed by atoms with Gasteiger partial charge in [-0.3, -0.25) is 0 Å². The standard InChI is InChI=1S/C11H13BrN2O2S/c1-4-11(2,3)14-17(15,16)8-5-6-9(12)10(13)7-8/h1,5-7,14H,13H2,2-3H3. The summed E-state index contributed by atoms with van der Waals surface area (Å²) in [7, 11) is -3.66. The monoisotopic (exact) mass is 316 g/mol. The van der Waals surface area contributed by atoms with Gasteiger partial charge in [-0.1, -0.05) is 5.92 Å². The van der Waals surface area contributed by atoms with E-state index in [4.69, 9.17) is 12.2 Å². The lowest BCUT2D eigenvalue weighted by Gasteiger charge is -2.19. The van der Waals surface area contributed by atoms with E-state index in [1.807, 2.05) is 0 Å². The first kappa shape index (κ1) is 14.0. The molecular weight excluding hydrogens is 304 g/mol. The molecule has 0 aliphatic rings. The molecule has 0 fully saturated rings. The molecule has 0 aliphatic heterocycles. The molecule has 0 unspecified atom stereocenters. The summed E-state index contributed by atoms with van der Waals surface area (Å²) in [5, 5.41) is 0. The van der Waals surface area contributed by atoms with Gasteiger partial charge in [0.1, 0.15) is 0 Å². The van der Waals surface area contributed by atoms with Gasteiger partial charge in [-0.15, -0.1) is 6.42 Å². The van der Waals surface area contributed by atoms with Crippen LogP contribution in [0.1, 0.15) is 13.8 Å². The van der Waals surface area contributed by atoms with Crippen LogP contribution in [0.3, 0.4) is 0 Å². The van der Waals surface area contributed by atoms with Gasteiger partial charge < -0.3 is 5.73 Å². The average Bonchev–Trinajstić information content (AvgIpc) is 2.20. The fraction of sp³-hybridized carbons (Fsp3) is 0.273. The quantitative estimate of drug-likeness (QED) is 0.659. The Labute approximate surface area is 110 Å². The van der Waals surface area contributed by atoms with Crippen molar-refractivity contribution in [3.63, 3.8) is 0 Å². The van der Waals surface area contributed by atoms with E-state index in [9.17, 15) is 8.42 Å². The number of benzene rings is 1. The Morgan fingerprint density at radius 1 is 1.47 bits per heavy atom. The van der Waals surface area contributed by atoms with Gasteiger partial charge in [-0.2, -0.15) is 4.72 Å². The molecule has 6 heteroatoms. The largest absolute Gasteiger partial charge is 0.398 e. The highest BCUT2D eigenvalue weighted by molar-refractivity contribution is 9.10. The topological polar surface area (TPSA) is 72.2 Å². The molecule has 17 heavy (non-hydrogen) atoms. The number of halogens is 1. The van der Waals surface area contributed by atoms with Crippen LogP contribution < -0.4 is 10.5 Å². The predicted molar refractivity (Wildman–Crippen MR) is 71.8 cm³/mol. The van der Waals surface area contributed by atoms with Crippen LogP contribution >= 0.6 is 15.9 Å². The van der Waals surface area contributed by atoms with Gasteiger partial charge in [-0.05, 0) is 48.0 Å². The summed E-state index contributed by atoms with van der Waals surface area (Å²) in [6.45, 7) is 3.21. The molecule has 0 amide bonds. The summed E-state index contributed by atoms with van der Waals surface area (Å²) in [6, 6.07) is 4.40. The molecule has 92 valence electrons. The molecule has 0 aromatic heterocycles. The zero-order chi connectivity index (χ0) is 13.3. The van der Waals surface area contributed by atoms with Crippen LogP contribution in [-0.2, 0) is 10.0 Å². The van der Waals surface area contributed by atoms with Crippen molar-refractivity contribution in [3.8, 4) is 12.3 Å². The molecule has 4 nitrogen and oxygen atoms in total. The molecule has 1 aromatic rings. The van der Waals surface area contributed by atoms with Gasteiger partial charge in [0.25, 0.3) is 0 Å². The highest BCUT2D eigenvalue weighted by Gasteiger charge is 2.24. The minimum absolute atomic E-state index is 0.0847. The SMILES string of the molecule is C#CC(C)(C)NS(=O)(=O)c1ccc(Br)c(N)c1. The van der Waals surface area contributed by atoms with Crippen molar-refractivity contribution in [2.45, 2.75) is 24.3 Å². The Kier molecular flexibility index (Phi) is 3.87. The molecule has 0 radical (unpaired) electrons. The summed E-state index contributed by atoms with van der Waals surface area (Å²) in [4.78, 5) is 0.0847. The van der Waals surface area contributed by atoms with Crippen LogP contribution in [0.4, 0.5) is 5.69 Å². The molecular formula is C11H13BrN2O2S. The van der Waals surface area contributed by atoms with E-state index >= 15 is 0 Å². The van der Waals surface area contributed by atoms with Crippen molar-refractivity contribution in [2.24, 2.45) is 0 Å². The molecule has 0 saturated carbocycles. The number of nitrogen functional groups attached to an aromatic ring is 1. The number of terminal acetylenes is 1. The van der Waals surface area contributed by atoms with E-state index < -0.39 is 15.6 Å². The van der Waals surface area contributed by atoms with Gasteiger partial charge >= 0.3 is 0 Å². The van der Waals surface area contributed by atoms with Crippen molar-refractivity contribution in [1.29, 1.82) is 0 Å². The maximum Gasteiger partial charge on any atom is 0.241 e. The third-order valence-corrected chi connectivity index (χ3v) is 4.40. The maximum atomic E-state index is 12.0. The highest BCUT2D eigenvalue weighted by atomic mass is 79.9. The number of sulfonamides is 1. The Hall–Kier alpha value is -1.03. The molecule has 0 spiro atoms. The Balaban J connectivity index is 3.16. The first-order valence-electron chi connectivity index (χ1n) is 4.75. The first-order valence-corrected chi connectivity index (χ1v) is 7.02. The normalized spacial score (nSPS) is 12.1. The second-order valence-electron chi connectivity index (χ2n) is 4.06. The van der Waals surface area contributed by atoms with E-state index in [2.05, 4.69) is 26.6 Å². The van der Waals surface area contributed by atoms with E-state index in [0.29, 0.717) is 10.2 Å². The lowest BCUT2D eigenvalue weighted by atomic mass is 10.1. The molecule has 0 bridgehead atoms. The fourth-order valence-electron chi connectivity index (χ4n) is 1.11. The highest BCUT2D eigenvalue weighted by Crippen LogP contribution is 2.23. The predicted octanol–water partition coefficient (Wildman–Crippen LogP) is 1.72.